The van der Waals surface area contributed by atoms with Gasteiger partial charge in [0, 0.05) is 25.6 Å². The van der Waals surface area contributed by atoms with Gasteiger partial charge in [-0.25, -0.2) is 0 Å². The number of benzene rings is 1. The number of nitrogens with one attached hydrogen (secondary N) is 2. The van der Waals surface area contributed by atoms with Gasteiger partial charge in [-0.05, 0) is 76.8 Å². The number of pyridine rings is 1. The zero-order chi connectivity index (χ0) is 19.8. The molecule has 5 rings (SSSR count). The Morgan fingerprint density at radius 1 is 0.464 bits per heavy atom. The molecule has 4 heteroatoms. The third-order valence-corrected chi connectivity index (χ3v) is 4.22. The first-order valence-corrected chi connectivity index (χ1v) is 10.8. The molecule has 1 aromatic carbocycles. The van der Waals surface area contributed by atoms with Crippen LogP contribution in [0.3, 0.4) is 0 Å². The summed E-state index contributed by atoms with van der Waals surface area (Å²) in [4.78, 5) is 3.78. The summed E-state index contributed by atoms with van der Waals surface area (Å²) in [5.74, 6) is 0. The van der Waals surface area contributed by atoms with Crippen molar-refractivity contribution in [3.05, 3.63) is 67.0 Å². The first-order valence-electron chi connectivity index (χ1n) is 10.8. The van der Waals surface area contributed by atoms with Gasteiger partial charge in [0.15, 0.2) is 0 Å². The maximum Gasteiger partial charge on any atom is 0.0466 e. The molecule has 0 aliphatic carbocycles. The van der Waals surface area contributed by atoms with Crippen LogP contribution < -0.4 is 10.6 Å². The Labute approximate surface area is 172 Å². The lowest BCUT2D eigenvalue weighted by Gasteiger charge is -2.08. The first-order chi connectivity index (χ1) is 14.0. The molecule has 1 aromatic heterocycles. The van der Waals surface area contributed by atoms with E-state index in [2.05, 4.69) is 15.6 Å². The lowest BCUT2D eigenvalue weighted by atomic mass is 10.2. The minimum Gasteiger partial charge on any atom is -0.381 e. The van der Waals surface area contributed by atoms with Crippen LogP contribution in [-0.2, 0) is 4.74 Å². The molecule has 0 saturated carbocycles. The van der Waals surface area contributed by atoms with Gasteiger partial charge in [0.05, 0.1) is 0 Å². The normalized spacial score (nSPS) is 17.1. The Hall–Kier alpha value is -1.75. The summed E-state index contributed by atoms with van der Waals surface area (Å²) in [5.41, 5.74) is 0. The fourth-order valence-corrected chi connectivity index (χ4v) is 2.63. The number of hydrogen-bond donors (Lipinski definition) is 2. The quantitative estimate of drug-likeness (QED) is 0.690. The number of nitrogens with zero attached hydrogens (tertiary/aromatic N) is 1. The molecule has 2 aromatic rings. The number of rotatable bonds is 0. The van der Waals surface area contributed by atoms with Gasteiger partial charge in [-0.1, -0.05) is 48.9 Å². The predicted molar refractivity (Wildman–Crippen MR) is 120 cm³/mol. The molecule has 0 spiro atoms. The lowest BCUT2D eigenvalue weighted by Crippen LogP contribution is -2.21. The average Bonchev–Trinajstić information content (AvgIpc) is 3.58. The molecule has 3 aliphatic rings. The average molecular weight is 386 g/mol. The van der Waals surface area contributed by atoms with Crippen LogP contribution in [0.1, 0.15) is 44.9 Å². The molecule has 0 atom stereocenters. The second kappa shape index (κ2) is 21.5. The van der Waals surface area contributed by atoms with Crippen LogP contribution in [0.2, 0.25) is 0 Å². The molecule has 2 N–H and O–H groups in total. The highest BCUT2D eigenvalue weighted by Crippen LogP contribution is 1.98. The Morgan fingerprint density at radius 3 is 1.04 bits per heavy atom. The Morgan fingerprint density at radius 2 is 0.857 bits per heavy atom. The molecule has 28 heavy (non-hydrogen) atoms. The van der Waals surface area contributed by atoms with Crippen molar-refractivity contribution in [2.75, 3.05) is 39.4 Å². The smallest absolute Gasteiger partial charge is 0.0466 e. The van der Waals surface area contributed by atoms with Crippen LogP contribution in [0.25, 0.3) is 0 Å². The van der Waals surface area contributed by atoms with Crippen molar-refractivity contribution in [2.24, 2.45) is 0 Å². The van der Waals surface area contributed by atoms with E-state index in [0.717, 1.165) is 13.2 Å². The van der Waals surface area contributed by atoms with Crippen LogP contribution in [0.5, 0.6) is 0 Å². The van der Waals surface area contributed by atoms with E-state index in [9.17, 15) is 0 Å². The number of hydrogen-bond acceptors (Lipinski definition) is 4. The Balaban J connectivity index is 0.000000175. The van der Waals surface area contributed by atoms with Crippen LogP contribution >= 0.6 is 0 Å². The zero-order valence-corrected chi connectivity index (χ0v) is 17.4. The second-order valence-corrected chi connectivity index (χ2v) is 6.77. The lowest BCUT2D eigenvalue weighted by molar-refractivity contribution is 0.198. The predicted octanol–water partition coefficient (Wildman–Crippen LogP) is 4.69. The van der Waals surface area contributed by atoms with Crippen molar-refractivity contribution in [1.82, 2.24) is 15.6 Å². The molecule has 4 nitrogen and oxygen atoms in total. The topological polar surface area (TPSA) is 46.2 Å². The highest BCUT2D eigenvalue weighted by atomic mass is 16.5. The third kappa shape index (κ3) is 19.0. The second-order valence-electron chi connectivity index (χ2n) is 6.77. The van der Waals surface area contributed by atoms with E-state index in [1.54, 1.807) is 12.4 Å². The largest absolute Gasteiger partial charge is 0.381 e. The summed E-state index contributed by atoms with van der Waals surface area (Å²) in [6.07, 6.45) is 13.0. The van der Waals surface area contributed by atoms with E-state index >= 15 is 0 Å². The van der Waals surface area contributed by atoms with E-state index in [0.29, 0.717) is 0 Å². The molecule has 156 valence electrons. The van der Waals surface area contributed by atoms with Crippen molar-refractivity contribution in [3.8, 4) is 0 Å². The van der Waals surface area contributed by atoms with Crippen LogP contribution in [-0.4, -0.2) is 44.4 Å². The molecule has 0 unspecified atom stereocenters. The first kappa shape index (κ1) is 24.3. The summed E-state index contributed by atoms with van der Waals surface area (Å²) >= 11 is 0. The molecule has 3 fully saturated rings. The van der Waals surface area contributed by atoms with E-state index in [-0.39, 0.29) is 0 Å². The summed E-state index contributed by atoms with van der Waals surface area (Å²) in [6.45, 7) is 7.00. The highest BCUT2D eigenvalue weighted by molar-refractivity contribution is 4.99. The number of ether oxygens (including phenoxy) is 1. The molecule has 3 saturated heterocycles. The van der Waals surface area contributed by atoms with Gasteiger partial charge >= 0.3 is 0 Å². The van der Waals surface area contributed by atoms with Gasteiger partial charge in [0.25, 0.3) is 0 Å². The summed E-state index contributed by atoms with van der Waals surface area (Å²) in [7, 11) is 0. The molecular weight excluding hydrogens is 346 g/mol. The third-order valence-electron chi connectivity index (χ3n) is 4.22. The minimum atomic E-state index is 1.00. The molecule has 4 heterocycles. The maximum absolute atomic E-state index is 4.94. The van der Waals surface area contributed by atoms with Crippen LogP contribution in [0, 0.1) is 0 Å². The van der Waals surface area contributed by atoms with Gasteiger partial charge in [0.2, 0.25) is 0 Å². The minimum absolute atomic E-state index is 1.00. The van der Waals surface area contributed by atoms with Crippen LogP contribution in [0.15, 0.2) is 67.0 Å². The van der Waals surface area contributed by atoms with Crippen LogP contribution in [0.4, 0.5) is 0 Å². The molecule has 0 radical (unpaired) electrons. The summed E-state index contributed by atoms with van der Waals surface area (Å²) in [6, 6.07) is 17.7. The molecule has 0 bridgehead atoms. The maximum atomic E-state index is 4.94. The van der Waals surface area contributed by atoms with Gasteiger partial charge in [0.1, 0.15) is 0 Å². The van der Waals surface area contributed by atoms with Crippen molar-refractivity contribution in [2.45, 2.75) is 44.9 Å². The fraction of sp³-hybridized carbons (Fsp3) is 0.542. The summed E-state index contributed by atoms with van der Waals surface area (Å²) < 4.78 is 4.94. The Bertz CT molecular complexity index is 362. The zero-order valence-electron chi connectivity index (χ0n) is 17.4. The van der Waals surface area contributed by atoms with Gasteiger partial charge in [-0.15, -0.1) is 0 Å². The van der Waals surface area contributed by atoms with Crippen molar-refractivity contribution < 1.29 is 4.74 Å². The summed E-state index contributed by atoms with van der Waals surface area (Å²) in [5, 5.41) is 6.51. The number of aromatic nitrogens is 1. The SMILES string of the molecule is C1CCNC1.C1CCNCC1.C1CCOC1.c1ccccc1.c1ccncc1. The standard InChI is InChI=1S/C6H6.C5H11N.C5H5N.C4H9N.C4H8O/c3*1-2-4-6-5-3-1;2*1-2-4-5-3-1/h1-6H;6H,1-5H2;1-5H;5H,1-4H2;1-4H2. The van der Waals surface area contributed by atoms with E-state index in [1.165, 1.54) is 71.1 Å². The van der Waals surface area contributed by atoms with E-state index < -0.39 is 0 Å². The monoisotopic (exact) mass is 385 g/mol. The van der Waals surface area contributed by atoms with Gasteiger partial charge in [-0.3, -0.25) is 4.98 Å². The van der Waals surface area contributed by atoms with E-state index in [1.807, 2.05) is 54.6 Å². The molecule has 0 amide bonds. The van der Waals surface area contributed by atoms with Crippen molar-refractivity contribution >= 4 is 0 Å². The van der Waals surface area contributed by atoms with Gasteiger partial charge < -0.3 is 15.4 Å². The van der Waals surface area contributed by atoms with E-state index in [4.69, 9.17) is 4.74 Å². The van der Waals surface area contributed by atoms with Crippen molar-refractivity contribution in [3.63, 3.8) is 0 Å². The number of piperidine rings is 1. The molecule has 3 aliphatic heterocycles. The molecular formula is C24H39N3O. The highest BCUT2D eigenvalue weighted by Gasteiger charge is 1.95. The fourth-order valence-electron chi connectivity index (χ4n) is 2.63. The van der Waals surface area contributed by atoms with Crippen molar-refractivity contribution in [1.29, 1.82) is 0 Å². The Kier molecular flexibility index (Phi) is 18.7. The van der Waals surface area contributed by atoms with Gasteiger partial charge in [-0.2, -0.15) is 0 Å².